The molecular weight excluding hydrogens is 380 g/mol. The van der Waals surface area contributed by atoms with Gasteiger partial charge >= 0.3 is 5.69 Å². The lowest BCUT2D eigenvalue weighted by molar-refractivity contribution is -0.386. The van der Waals surface area contributed by atoms with Crippen LogP contribution in [0.3, 0.4) is 0 Å². The number of carbonyl (C=O) groups excluding carboxylic acids is 1. The highest BCUT2D eigenvalue weighted by molar-refractivity contribution is 7.80. The molecule has 1 aliphatic heterocycles. The van der Waals surface area contributed by atoms with E-state index in [4.69, 9.17) is 4.74 Å². The van der Waals surface area contributed by atoms with Crippen molar-refractivity contribution in [3.8, 4) is 11.3 Å². The van der Waals surface area contributed by atoms with Crippen LogP contribution in [0.15, 0.2) is 29.4 Å². The molecule has 1 aliphatic rings. The Bertz CT molecular complexity index is 871. The maximum absolute atomic E-state index is 11.9. The summed E-state index contributed by atoms with van der Waals surface area (Å²) in [5.41, 5.74) is 1.57. The summed E-state index contributed by atoms with van der Waals surface area (Å²) >= 11 is 4.45. The second-order valence-corrected chi connectivity index (χ2v) is 7.37. The molecule has 1 aromatic carbocycles. The standard InChI is InChI=1S/C19H22N4O4S/c1-12-2-3-14(16(28)8-12)17-19(23(25)26)18(22-10-21-17)15(27-11-24)9-13-4-6-20-7-5-13/h2-3,8,10-11,13,15,20,28H,4-7,9H2,1H3. The molecule has 1 unspecified atom stereocenters. The fourth-order valence-corrected chi connectivity index (χ4v) is 3.95. The van der Waals surface area contributed by atoms with Crippen LogP contribution < -0.4 is 5.32 Å². The molecule has 9 heteroatoms. The Hall–Kier alpha value is -2.52. The summed E-state index contributed by atoms with van der Waals surface area (Å²) < 4.78 is 5.25. The van der Waals surface area contributed by atoms with Crippen LogP contribution in [0.25, 0.3) is 11.3 Å². The Labute approximate surface area is 168 Å². The van der Waals surface area contributed by atoms with E-state index in [1.807, 2.05) is 19.1 Å². The van der Waals surface area contributed by atoms with Gasteiger partial charge in [-0.2, -0.15) is 0 Å². The number of ether oxygens (including phenoxy) is 1. The summed E-state index contributed by atoms with van der Waals surface area (Å²) in [6.45, 7) is 3.99. The highest BCUT2D eigenvalue weighted by Gasteiger charge is 2.32. The fourth-order valence-electron chi connectivity index (χ4n) is 3.57. The first-order valence-electron chi connectivity index (χ1n) is 9.10. The van der Waals surface area contributed by atoms with Gasteiger partial charge in [0.15, 0.2) is 17.5 Å². The minimum absolute atomic E-state index is 0.119. The van der Waals surface area contributed by atoms with Crippen molar-refractivity contribution >= 4 is 24.8 Å². The van der Waals surface area contributed by atoms with Crippen LogP contribution in [0.1, 0.15) is 36.6 Å². The van der Waals surface area contributed by atoms with E-state index in [9.17, 15) is 14.9 Å². The Morgan fingerprint density at radius 3 is 2.79 bits per heavy atom. The number of benzene rings is 1. The Morgan fingerprint density at radius 2 is 2.14 bits per heavy atom. The zero-order valence-corrected chi connectivity index (χ0v) is 16.4. The molecule has 0 bridgehead atoms. The second kappa shape index (κ2) is 9.11. The van der Waals surface area contributed by atoms with E-state index >= 15 is 0 Å². The molecule has 0 saturated carbocycles. The lowest BCUT2D eigenvalue weighted by Gasteiger charge is -2.26. The molecule has 28 heavy (non-hydrogen) atoms. The van der Waals surface area contributed by atoms with Gasteiger partial charge in [0.1, 0.15) is 6.33 Å². The van der Waals surface area contributed by atoms with Crippen molar-refractivity contribution in [3.05, 3.63) is 45.9 Å². The summed E-state index contributed by atoms with van der Waals surface area (Å²) in [7, 11) is 0. The maximum atomic E-state index is 11.9. The van der Waals surface area contributed by atoms with Crippen LogP contribution in [0.5, 0.6) is 0 Å². The first-order valence-corrected chi connectivity index (χ1v) is 9.55. The molecule has 0 amide bonds. The van der Waals surface area contributed by atoms with Gasteiger partial charge in [-0.1, -0.05) is 12.1 Å². The van der Waals surface area contributed by atoms with Gasteiger partial charge in [0.05, 0.1) is 4.92 Å². The molecule has 1 fully saturated rings. The summed E-state index contributed by atoms with van der Waals surface area (Å²) in [5, 5.41) is 15.2. The molecule has 0 radical (unpaired) electrons. The number of aromatic nitrogens is 2. The molecule has 8 nitrogen and oxygen atoms in total. The fraction of sp³-hybridized carbons (Fsp3) is 0.421. The normalized spacial score (nSPS) is 15.8. The van der Waals surface area contributed by atoms with Crippen LogP contribution in [0.2, 0.25) is 0 Å². The van der Waals surface area contributed by atoms with Gasteiger partial charge < -0.3 is 10.1 Å². The number of hydrogen-bond donors (Lipinski definition) is 2. The van der Waals surface area contributed by atoms with Crippen LogP contribution in [0, 0.1) is 23.0 Å². The van der Waals surface area contributed by atoms with E-state index in [1.165, 1.54) is 6.33 Å². The Kier molecular flexibility index (Phi) is 6.58. The average molecular weight is 402 g/mol. The topological polar surface area (TPSA) is 107 Å². The first kappa shape index (κ1) is 20.2. The van der Waals surface area contributed by atoms with E-state index in [0.717, 1.165) is 31.5 Å². The van der Waals surface area contributed by atoms with Crippen molar-refractivity contribution in [1.82, 2.24) is 15.3 Å². The van der Waals surface area contributed by atoms with Gasteiger partial charge in [-0.15, -0.1) is 12.6 Å². The molecule has 148 valence electrons. The molecule has 2 aromatic rings. The third-order valence-electron chi connectivity index (χ3n) is 4.97. The van der Waals surface area contributed by atoms with Crippen molar-refractivity contribution in [1.29, 1.82) is 0 Å². The monoisotopic (exact) mass is 402 g/mol. The quantitative estimate of drug-likeness (QED) is 0.317. The Balaban J connectivity index is 2.05. The van der Waals surface area contributed by atoms with Crippen LogP contribution in [0.4, 0.5) is 5.69 Å². The highest BCUT2D eigenvalue weighted by Crippen LogP contribution is 2.39. The van der Waals surface area contributed by atoms with Gasteiger partial charge in [-0.25, -0.2) is 9.97 Å². The average Bonchev–Trinajstić information content (AvgIpc) is 2.68. The van der Waals surface area contributed by atoms with Gasteiger partial charge in [0, 0.05) is 10.5 Å². The molecular formula is C19H22N4O4S. The number of rotatable bonds is 7. The predicted octanol–water partition coefficient (Wildman–Crippen LogP) is 3.25. The summed E-state index contributed by atoms with van der Waals surface area (Å²) in [4.78, 5) is 31.4. The van der Waals surface area contributed by atoms with Crippen LogP contribution in [-0.2, 0) is 9.53 Å². The number of piperidine rings is 1. The van der Waals surface area contributed by atoms with Gasteiger partial charge in [-0.3, -0.25) is 14.9 Å². The molecule has 3 rings (SSSR count). The van der Waals surface area contributed by atoms with E-state index in [0.29, 0.717) is 29.3 Å². The largest absolute Gasteiger partial charge is 0.458 e. The minimum atomic E-state index is -0.795. The highest BCUT2D eigenvalue weighted by atomic mass is 32.1. The second-order valence-electron chi connectivity index (χ2n) is 6.88. The number of carbonyl (C=O) groups is 1. The summed E-state index contributed by atoms with van der Waals surface area (Å²) in [6, 6.07) is 5.41. The number of thiol groups is 1. The van der Waals surface area contributed by atoms with E-state index in [1.54, 1.807) is 6.07 Å². The van der Waals surface area contributed by atoms with Gasteiger partial charge in [0.25, 0.3) is 6.47 Å². The van der Waals surface area contributed by atoms with Crippen LogP contribution in [-0.4, -0.2) is 34.5 Å². The number of nitrogens with one attached hydrogen (secondary N) is 1. The van der Waals surface area contributed by atoms with Crippen molar-refractivity contribution < 1.29 is 14.5 Å². The van der Waals surface area contributed by atoms with E-state index in [2.05, 4.69) is 27.9 Å². The van der Waals surface area contributed by atoms with Crippen LogP contribution >= 0.6 is 12.6 Å². The number of nitro groups is 1. The zero-order valence-electron chi connectivity index (χ0n) is 15.5. The molecule has 1 aromatic heterocycles. The SMILES string of the molecule is Cc1ccc(-c2ncnc(C(CC3CCNCC3)OC=O)c2[N+](=O)[O-])c(S)c1. The van der Waals surface area contributed by atoms with Gasteiger partial charge in [-0.05, 0) is 56.8 Å². The molecule has 2 heterocycles. The molecule has 1 N–H and O–H groups in total. The van der Waals surface area contributed by atoms with Crippen molar-refractivity contribution in [2.24, 2.45) is 5.92 Å². The lowest BCUT2D eigenvalue weighted by Crippen LogP contribution is -2.29. The van der Waals surface area contributed by atoms with E-state index < -0.39 is 11.0 Å². The first-order chi connectivity index (χ1) is 13.5. The molecule has 1 atom stereocenters. The summed E-state index contributed by atoms with van der Waals surface area (Å²) in [6.07, 6.45) is 2.80. The molecule has 0 spiro atoms. The third kappa shape index (κ3) is 4.48. The number of aryl methyl sites for hydroxylation is 1. The zero-order chi connectivity index (χ0) is 20.1. The Morgan fingerprint density at radius 1 is 1.39 bits per heavy atom. The lowest BCUT2D eigenvalue weighted by atomic mass is 9.90. The molecule has 0 aliphatic carbocycles. The van der Waals surface area contributed by atoms with Crippen molar-refractivity contribution in [3.63, 3.8) is 0 Å². The van der Waals surface area contributed by atoms with Gasteiger partial charge in [0.2, 0.25) is 0 Å². The maximum Gasteiger partial charge on any atom is 0.320 e. The molecule has 1 saturated heterocycles. The number of nitrogens with zero attached hydrogens (tertiary/aromatic N) is 3. The summed E-state index contributed by atoms with van der Waals surface area (Å²) in [5.74, 6) is 0.295. The van der Waals surface area contributed by atoms with Crippen molar-refractivity contribution in [2.45, 2.75) is 37.2 Å². The third-order valence-corrected chi connectivity index (χ3v) is 5.34. The number of hydrogen-bond acceptors (Lipinski definition) is 8. The smallest absolute Gasteiger partial charge is 0.320 e. The predicted molar refractivity (Wildman–Crippen MR) is 106 cm³/mol. The van der Waals surface area contributed by atoms with E-state index in [-0.39, 0.29) is 17.1 Å². The minimum Gasteiger partial charge on any atom is -0.458 e. The van der Waals surface area contributed by atoms with Crippen molar-refractivity contribution in [2.75, 3.05) is 13.1 Å².